The highest BCUT2D eigenvalue weighted by Crippen LogP contribution is 2.36. The highest BCUT2D eigenvalue weighted by atomic mass is 79.9. The molecule has 1 heterocycles. The molecule has 0 spiro atoms. The van der Waals surface area contributed by atoms with Crippen LogP contribution in [0.25, 0.3) is 0 Å². The van der Waals surface area contributed by atoms with Gasteiger partial charge in [-0.1, -0.05) is 28.1 Å². The zero-order valence-corrected chi connectivity index (χ0v) is 13.9. The van der Waals surface area contributed by atoms with Crippen molar-refractivity contribution in [3.05, 3.63) is 34.3 Å². The van der Waals surface area contributed by atoms with E-state index in [9.17, 15) is 0 Å². The molecule has 2 fully saturated rings. The molecule has 110 valence electrons. The zero-order chi connectivity index (χ0) is 13.9. The van der Waals surface area contributed by atoms with Crippen LogP contribution in [0.5, 0.6) is 0 Å². The molecule has 1 unspecified atom stereocenters. The Morgan fingerprint density at radius 3 is 2.65 bits per heavy atom. The summed E-state index contributed by atoms with van der Waals surface area (Å²) in [5, 5.41) is 3.48. The van der Waals surface area contributed by atoms with Crippen LogP contribution in [0.3, 0.4) is 0 Å². The second-order valence-corrected chi connectivity index (χ2v) is 7.27. The van der Waals surface area contributed by atoms with Crippen molar-refractivity contribution in [2.24, 2.45) is 5.92 Å². The number of hydrogen-bond acceptors (Lipinski definition) is 2. The molecule has 0 radical (unpaired) electrons. The fourth-order valence-corrected chi connectivity index (χ4v) is 3.77. The van der Waals surface area contributed by atoms with Gasteiger partial charge in [0, 0.05) is 23.1 Å². The van der Waals surface area contributed by atoms with Gasteiger partial charge in [-0.3, -0.25) is 4.90 Å². The van der Waals surface area contributed by atoms with Gasteiger partial charge in [0.05, 0.1) is 0 Å². The first-order valence-corrected chi connectivity index (χ1v) is 8.75. The molecule has 2 aliphatic rings. The molecule has 1 saturated carbocycles. The summed E-state index contributed by atoms with van der Waals surface area (Å²) in [6, 6.07) is 10.2. The molecule has 0 bridgehead atoms. The summed E-state index contributed by atoms with van der Waals surface area (Å²) in [5.41, 5.74) is 1.44. The number of rotatable bonds is 5. The monoisotopic (exact) mass is 336 g/mol. The molecular formula is C17H25BrN2. The molecule has 1 aromatic carbocycles. The average molecular weight is 337 g/mol. The van der Waals surface area contributed by atoms with Crippen molar-refractivity contribution in [1.29, 1.82) is 0 Å². The first kappa shape index (κ1) is 14.6. The maximum Gasteiger partial charge on any atom is 0.0323 e. The van der Waals surface area contributed by atoms with Gasteiger partial charge < -0.3 is 5.32 Å². The molecule has 0 amide bonds. The van der Waals surface area contributed by atoms with Gasteiger partial charge in [-0.25, -0.2) is 0 Å². The number of nitrogens with zero attached hydrogens (tertiary/aromatic N) is 1. The van der Waals surface area contributed by atoms with Crippen molar-refractivity contribution in [2.45, 2.75) is 44.7 Å². The summed E-state index contributed by atoms with van der Waals surface area (Å²) in [5.74, 6) is 0.881. The lowest BCUT2D eigenvalue weighted by Crippen LogP contribution is -2.38. The lowest BCUT2D eigenvalue weighted by molar-refractivity contribution is 0.152. The van der Waals surface area contributed by atoms with Crippen LogP contribution >= 0.6 is 15.9 Å². The Morgan fingerprint density at radius 1 is 1.25 bits per heavy atom. The first-order valence-electron chi connectivity index (χ1n) is 7.96. The average Bonchev–Trinajstić information content (AvgIpc) is 3.30. The smallest absolute Gasteiger partial charge is 0.0323 e. The van der Waals surface area contributed by atoms with Gasteiger partial charge in [0.1, 0.15) is 0 Å². The van der Waals surface area contributed by atoms with Crippen molar-refractivity contribution in [3.8, 4) is 0 Å². The fourth-order valence-electron chi connectivity index (χ4n) is 3.35. The minimum absolute atomic E-state index is 0.537. The topological polar surface area (TPSA) is 15.3 Å². The maximum atomic E-state index is 3.60. The van der Waals surface area contributed by atoms with E-state index in [0.717, 1.165) is 12.0 Å². The van der Waals surface area contributed by atoms with E-state index in [2.05, 4.69) is 57.3 Å². The molecule has 1 N–H and O–H groups in total. The molecule has 3 rings (SSSR count). The lowest BCUT2D eigenvalue weighted by Gasteiger charge is -2.34. The summed E-state index contributed by atoms with van der Waals surface area (Å²) in [6.45, 7) is 6.06. The highest BCUT2D eigenvalue weighted by Gasteiger charge is 2.34. The predicted octanol–water partition coefficient (Wildman–Crippen LogP) is 3.97. The number of halogens is 1. The highest BCUT2D eigenvalue weighted by molar-refractivity contribution is 9.10. The van der Waals surface area contributed by atoms with E-state index in [0.29, 0.717) is 6.04 Å². The SMILES string of the molecule is CC(c1cccc(Br)c1)N(CC1CCNCC1)C1CC1. The first-order chi connectivity index (χ1) is 9.74. The van der Waals surface area contributed by atoms with Crippen molar-refractivity contribution in [1.82, 2.24) is 10.2 Å². The van der Waals surface area contributed by atoms with Crippen LogP contribution in [0.1, 0.15) is 44.2 Å². The molecule has 20 heavy (non-hydrogen) atoms. The van der Waals surface area contributed by atoms with Crippen LogP contribution in [-0.2, 0) is 0 Å². The predicted molar refractivity (Wildman–Crippen MR) is 87.9 cm³/mol. The van der Waals surface area contributed by atoms with Crippen molar-refractivity contribution in [3.63, 3.8) is 0 Å². The molecule has 1 aromatic rings. The van der Waals surface area contributed by atoms with E-state index in [1.165, 1.54) is 55.4 Å². The van der Waals surface area contributed by atoms with E-state index >= 15 is 0 Å². The lowest BCUT2D eigenvalue weighted by atomic mass is 9.96. The maximum absolute atomic E-state index is 3.60. The standard InChI is InChI=1S/C17H25BrN2/c1-13(15-3-2-4-16(18)11-15)20(17-5-6-17)12-14-7-9-19-10-8-14/h2-4,11,13-14,17,19H,5-10,12H2,1H3. The van der Waals surface area contributed by atoms with Gasteiger partial charge in [0.25, 0.3) is 0 Å². The second kappa shape index (κ2) is 6.59. The summed E-state index contributed by atoms with van der Waals surface area (Å²) >= 11 is 3.60. The summed E-state index contributed by atoms with van der Waals surface area (Å²) in [7, 11) is 0. The Labute approximate surface area is 131 Å². The molecule has 2 nitrogen and oxygen atoms in total. The third-order valence-corrected chi connectivity index (χ3v) is 5.27. The normalized spacial score (nSPS) is 22.1. The number of hydrogen-bond donors (Lipinski definition) is 1. The van der Waals surface area contributed by atoms with Gasteiger partial charge in [0.15, 0.2) is 0 Å². The molecule has 0 aromatic heterocycles. The van der Waals surface area contributed by atoms with Crippen molar-refractivity contribution in [2.75, 3.05) is 19.6 Å². The summed E-state index contributed by atoms with van der Waals surface area (Å²) in [6.07, 6.45) is 5.47. The molecule has 3 heteroatoms. The third-order valence-electron chi connectivity index (χ3n) is 4.77. The molecule has 1 atom stereocenters. The van der Waals surface area contributed by atoms with Gasteiger partial charge >= 0.3 is 0 Å². The number of piperidine rings is 1. The van der Waals surface area contributed by atoms with E-state index < -0.39 is 0 Å². The van der Waals surface area contributed by atoms with Crippen LogP contribution in [-0.4, -0.2) is 30.6 Å². The Morgan fingerprint density at radius 2 is 2.00 bits per heavy atom. The van der Waals surface area contributed by atoms with Crippen LogP contribution in [0.2, 0.25) is 0 Å². The van der Waals surface area contributed by atoms with Gasteiger partial charge in [0.2, 0.25) is 0 Å². The molecule has 1 aliphatic carbocycles. The molecule has 1 aliphatic heterocycles. The third kappa shape index (κ3) is 3.63. The largest absolute Gasteiger partial charge is 0.317 e. The minimum Gasteiger partial charge on any atom is -0.317 e. The van der Waals surface area contributed by atoms with Crippen LogP contribution < -0.4 is 5.32 Å². The quantitative estimate of drug-likeness (QED) is 0.874. The Hall–Kier alpha value is -0.380. The van der Waals surface area contributed by atoms with E-state index in [4.69, 9.17) is 0 Å². The van der Waals surface area contributed by atoms with Crippen molar-refractivity contribution < 1.29 is 0 Å². The zero-order valence-electron chi connectivity index (χ0n) is 12.3. The Balaban J connectivity index is 1.69. The molecular weight excluding hydrogens is 312 g/mol. The second-order valence-electron chi connectivity index (χ2n) is 6.35. The van der Waals surface area contributed by atoms with E-state index in [1.54, 1.807) is 0 Å². The van der Waals surface area contributed by atoms with Crippen LogP contribution in [0.4, 0.5) is 0 Å². The van der Waals surface area contributed by atoms with E-state index in [1.807, 2.05) is 0 Å². The number of nitrogens with one attached hydrogen (secondary N) is 1. The van der Waals surface area contributed by atoms with Crippen molar-refractivity contribution >= 4 is 15.9 Å². The van der Waals surface area contributed by atoms with Gasteiger partial charge in [-0.05, 0) is 69.3 Å². The van der Waals surface area contributed by atoms with Crippen LogP contribution in [0, 0.1) is 5.92 Å². The Bertz CT molecular complexity index is 438. The Kier molecular flexibility index (Phi) is 4.79. The fraction of sp³-hybridized carbons (Fsp3) is 0.647. The minimum atomic E-state index is 0.537. The molecule has 1 saturated heterocycles. The summed E-state index contributed by atoms with van der Waals surface area (Å²) in [4.78, 5) is 2.76. The van der Waals surface area contributed by atoms with Gasteiger partial charge in [-0.2, -0.15) is 0 Å². The van der Waals surface area contributed by atoms with Gasteiger partial charge in [-0.15, -0.1) is 0 Å². The summed E-state index contributed by atoms with van der Waals surface area (Å²) < 4.78 is 1.19. The van der Waals surface area contributed by atoms with E-state index in [-0.39, 0.29) is 0 Å². The van der Waals surface area contributed by atoms with Crippen LogP contribution in [0.15, 0.2) is 28.7 Å². The number of benzene rings is 1.